The standard InChI is InChI=1S/C55H39NS.C7H8.C6H6.3C2H6/c1-34-25-30-47-44(31-34)40-19-8-12-22-46(40)55(47)49-33-37(27-29-42(49)52-43-20-10-14-24-51(43)57-53(52)55)56(50-23-13-9-17-38(50)35-15-5-4-6-16-35)36-26-28-41-39-18-7-11-21-45(39)54(2,3)48(41)32-36;1-7-5-3-2-4-6-7;1-2-4-6-5-3-1;3*1-2/h4-33H,1-3H3;2-6H,1H3;1-3,6H,4H2;3*1-2H3. The summed E-state index contributed by atoms with van der Waals surface area (Å²) in [6.07, 6.45) is 9.05. The second-order valence-corrected chi connectivity index (χ2v) is 20.4. The number of hydrogen-bond donors (Lipinski definition) is 0. The van der Waals surface area contributed by atoms with Gasteiger partial charge in [0.25, 0.3) is 0 Å². The third kappa shape index (κ3) is 9.32. The average Bonchev–Trinajstić information content (AvgIpc) is 4.34. The Bertz CT molecular complexity index is 3730. The predicted molar refractivity (Wildman–Crippen MR) is 332 cm³/mol. The molecule has 0 radical (unpaired) electrons. The molecule has 1 aromatic heterocycles. The lowest BCUT2D eigenvalue weighted by atomic mass is 9.73. The Morgan fingerprint density at radius 3 is 1.63 bits per heavy atom. The zero-order valence-electron chi connectivity index (χ0n) is 46.1. The van der Waals surface area contributed by atoms with E-state index in [-0.39, 0.29) is 5.41 Å². The first-order valence-electron chi connectivity index (χ1n) is 27.5. The van der Waals surface area contributed by atoms with Crippen molar-refractivity contribution in [2.45, 2.75) is 86.5 Å². The molecule has 0 amide bonds. The maximum atomic E-state index is 2.95. The SMILES string of the molecule is C1=CC=CCC=1.CC.CC.CC.Cc1ccc2c(c1)-c1ccccc1C21c2cc(N(c3ccc4c(c3)C(C)(C)c3ccccc3-4)c3ccccc3-c3ccccc3)ccc2-c2c1sc1ccccc21.Cc1ccccc1. The van der Waals surface area contributed by atoms with Crippen LogP contribution in [0.15, 0.2) is 242 Å². The lowest BCUT2D eigenvalue weighted by Gasteiger charge is -2.33. The van der Waals surface area contributed by atoms with Gasteiger partial charge in [-0.3, -0.25) is 0 Å². The molecule has 0 N–H and O–H groups in total. The molecule has 0 saturated heterocycles. The van der Waals surface area contributed by atoms with Crippen molar-refractivity contribution in [1.82, 2.24) is 0 Å². The van der Waals surface area contributed by atoms with Crippen LogP contribution in [0.5, 0.6) is 0 Å². The quantitative estimate of drug-likeness (QED) is 0.159. The molecule has 14 rings (SSSR count). The first kappa shape index (κ1) is 52.8. The van der Waals surface area contributed by atoms with Gasteiger partial charge in [-0.25, -0.2) is 0 Å². The lowest BCUT2D eigenvalue weighted by Crippen LogP contribution is -2.25. The summed E-state index contributed by atoms with van der Waals surface area (Å²) in [7, 11) is 0. The molecular weight excluding hydrogens is 935 g/mol. The van der Waals surface area contributed by atoms with E-state index in [1.165, 1.54) is 98.4 Å². The smallest absolute Gasteiger partial charge is 0.0820 e. The average molecular weight is 1010 g/mol. The van der Waals surface area contributed by atoms with E-state index in [1.807, 2.05) is 89.3 Å². The molecule has 0 fully saturated rings. The summed E-state index contributed by atoms with van der Waals surface area (Å²) in [6.45, 7) is 21.1. The monoisotopic (exact) mass is 1010 g/mol. The summed E-state index contributed by atoms with van der Waals surface area (Å²) in [6, 6.07) is 78.8. The molecule has 9 aromatic carbocycles. The number of aryl methyl sites for hydroxylation is 2. The molecule has 1 heterocycles. The van der Waals surface area contributed by atoms with Gasteiger partial charge in [0.15, 0.2) is 0 Å². The third-order valence-electron chi connectivity index (χ3n) is 14.8. The molecule has 10 aromatic rings. The van der Waals surface area contributed by atoms with Crippen LogP contribution in [0.2, 0.25) is 0 Å². The van der Waals surface area contributed by atoms with Gasteiger partial charge < -0.3 is 4.90 Å². The largest absolute Gasteiger partial charge is 0.310 e. The van der Waals surface area contributed by atoms with Gasteiger partial charge in [0.2, 0.25) is 0 Å². The lowest BCUT2D eigenvalue weighted by molar-refractivity contribution is 0.660. The van der Waals surface area contributed by atoms with Crippen LogP contribution in [-0.2, 0) is 10.8 Å². The number of fused-ring (bicyclic) bond motifs is 15. The van der Waals surface area contributed by atoms with E-state index in [0.717, 1.165) is 23.5 Å². The van der Waals surface area contributed by atoms with Gasteiger partial charge in [-0.05, 0) is 130 Å². The van der Waals surface area contributed by atoms with Crippen molar-refractivity contribution in [3.05, 3.63) is 286 Å². The Labute approximate surface area is 457 Å². The zero-order valence-corrected chi connectivity index (χ0v) is 46.9. The fraction of sp³-hybridized carbons (Fsp3) is 0.176. The fourth-order valence-corrected chi connectivity index (χ4v) is 13.0. The van der Waals surface area contributed by atoms with E-state index in [2.05, 4.69) is 239 Å². The minimum Gasteiger partial charge on any atom is -0.310 e. The Kier molecular flexibility index (Phi) is 16.2. The molecule has 4 aliphatic carbocycles. The summed E-state index contributed by atoms with van der Waals surface area (Å²) in [4.78, 5) is 3.95. The minimum atomic E-state index is -0.434. The summed E-state index contributed by atoms with van der Waals surface area (Å²) >= 11 is 1.97. The molecule has 0 saturated carbocycles. The van der Waals surface area contributed by atoms with Crippen molar-refractivity contribution in [3.8, 4) is 44.5 Å². The van der Waals surface area contributed by atoms with Gasteiger partial charge in [-0.15, -0.1) is 17.1 Å². The van der Waals surface area contributed by atoms with Gasteiger partial charge in [0.05, 0.1) is 11.1 Å². The van der Waals surface area contributed by atoms with Gasteiger partial charge >= 0.3 is 0 Å². The van der Waals surface area contributed by atoms with Crippen LogP contribution in [0.4, 0.5) is 17.1 Å². The van der Waals surface area contributed by atoms with Crippen molar-refractivity contribution < 1.29 is 0 Å². The molecule has 1 nitrogen and oxygen atoms in total. The molecule has 378 valence electrons. The maximum Gasteiger partial charge on any atom is 0.0820 e. The highest BCUT2D eigenvalue weighted by molar-refractivity contribution is 7.20. The minimum absolute atomic E-state index is 0.126. The summed E-state index contributed by atoms with van der Waals surface area (Å²) in [5, 5.41) is 1.34. The number of allylic oxidation sites excluding steroid dienone is 3. The summed E-state index contributed by atoms with van der Waals surface area (Å²) in [5.41, 5.74) is 25.8. The van der Waals surface area contributed by atoms with Crippen molar-refractivity contribution in [2.24, 2.45) is 0 Å². The molecule has 76 heavy (non-hydrogen) atoms. The normalized spacial score (nSPS) is 14.4. The van der Waals surface area contributed by atoms with Crippen molar-refractivity contribution >= 4 is 38.5 Å². The van der Waals surface area contributed by atoms with Crippen LogP contribution >= 0.6 is 11.3 Å². The highest BCUT2D eigenvalue weighted by Gasteiger charge is 2.53. The van der Waals surface area contributed by atoms with Gasteiger partial charge in [-0.2, -0.15) is 0 Å². The fourth-order valence-electron chi connectivity index (χ4n) is 11.6. The summed E-state index contributed by atoms with van der Waals surface area (Å²) < 4.78 is 1.34. The number of benzene rings is 9. The number of thiophene rings is 1. The van der Waals surface area contributed by atoms with E-state index < -0.39 is 5.41 Å². The van der Waals surface area contributed by atoms with Crippen LogP contribution in [-0.4, -0.2) is 0 Å². The third-order valence-corrected chi connectivity index (χ3v) is 16.1. The van der Waals surface area contributed by atoms with E-state index in [1.54, 1.807) is 0 Å². The molecule has 4 aliphatic rings. The molecular formula is C74H71NS. The number of hydrogen-bond acceptors (Lipinski definition) is 2. The van der Waals surface area contributed by atoms with Gasteiger partial charge in [0, 0.05) is 42.9 Å². The van der Waals surface area contributed by atoms with Crippen LogP contribution in [0, 0.1) is 13.8 Å². The first-order valence-corrected chi connectivity index (χ1v) is 28.3. The van der Waals surface area contributed by atoms with Crippen molar-refractivity contribution in [3.63, 3.8) is 0 Å². The highest BCUT2D eigenvalue weighted by atomic mass is 32.1. The molecule has 1 spiro atoms. The van der Waals surface area contributed by atoms with E-state index in [9.17, 15) is 0 Å². The Hall–Kier alpha value is -8.00. The first-order chi connectivity index (χ1) is 37.3. The number of anilines is 3. The molecule has 0 bridgehead atoms. The van der Waals surface area contributed by atoms with Crippen LogP contribution in [0.1, 0.15) is 106 Å². The highest BCUT2D eigenvalue weighted by Crippen LogP contribution is 2.66. The van der Waals surface area contributed by atoms with Crippen LogP contribution in [0.3, 0.4) is 0 Å². The zero-order chi connectivity index (χ0) is 53.4. The van der Waals surface area contributed by atoms with Crippen LogP contribution < -0.4 is 4.90 Å². The maximum absolute atomic E-state index is 2.95. The second kappa shape index (κ2) is 23.3. The van der Waals surface area contributed by atoms with Crippen LogP contribution in [0.25, 0.3) is 54.6 Å². The summed E-state index contributed by atoms with van der Waals surface area (Å²) in [5.74, 6) is 0. The number of nitrogens with zero attached hydrogens (tertiary/aromatic N) is 1. The molecule has 1 unspecified atom stereocenters. The topological polar surface area (TPSA) is 3.24 Å². The van der Waals surface area contributed by atoms with Crippen molar-refractivity contribution in [1.29, 1.82) is 0 Å². The Morgan fingerprint density at radius 2 is 1.00 bits per heavy atom. The Balaban J connectivity index is 0.000000320. The Morgan fingerprint density at radius 1 is 0.447 bits per heavy atom. The van der Waals surface area contributed by atoms with Crippen molar-refractivity contribution in [2.75, 3.05) is 4.90 Å². The van der Waals surface area contributed by atoms with E-state index in [0.29, 0.717) is 0 Å². The van der Waals surface area contributed by atoms with Gasteiger partial charge in [-0.1, -0.05) is 255 Å². The number of rotatable bonds is 4. The predicted octanol–water partition coefficient (Wildman–Crippen LogP) is 21.7. The molecule has 2 heteroatoms. The number of para-hydroxylation sites is 1. The molecule has 0 aliphatic heterocycles. The second-order valence-electron chi connectivity index (χ2n) is 19.4. The van der Waals surface area contributed by atoms with E-state index in [4.69, 9.17) is 0 Å². The van der Waals surface area contributed by atoms with E-state index >= 15 is 0 Å². The van der Waals surface area contributed by atoms with Gasteiger partial charge in [0.1, 0.15) is 0 Å². The molecule has 1 atom stereocenters.